The van der Waals surface area contributed by atoms with Crippen molar-refractivity contribution in [3.05, 3.63) is 29.8 Å². The molecule has 1 aliphatic rings. The molecule has 6 nitrogen and oxygen atoms in total. The molecule has 0 saturated carbocycles. The average Bonchev–Trinajstić information content (AvgIpc) is 3.10. The van der Waals surface area contributed by atoms with E-state index in [1.54, 1.807) is 19.1 Å². The van der Waals surface area contributed by atoms with E-state index in [9.17, 15) is 13.6 Å². The van der Waals surface area contributed by atoms with Crippen molar-refractivity contribution in [2.24, 2.45) is 0 Å². The summed E-state index contributed by atoms with van der Waals surface area (Å²) < 4.78 is 29.0. The number of carbonyl (C=O) groups excluding carboxylic acids is 1. The highest BCUT2D eigenvalue weighted by molar-refractivity contribution is 5.90. The van der Waals surface area contributed by atoms with Gasteiger partial charge in [0.25, 0.3) is 0 Å². The molecule has 1 aromatic carbocycles. The minimum atomic E-state index is -2.85. The van der Waals surface area contributed by atoms with Crippen LogP contribution in [0.4, 0.5) is 14.6 Å². The lowest BCUT2D eigenvalue weighted by molar-refractivity contribution is -0.116. The number of nitrogens with zero attached hydrogens (tertiary/aromatic N) is 2. The van der Waals surface area contributed by atoms with Gasteiger partial charge in [-0.15, -0.1) is 0 Å². The zero-order valence-electron chi connectivity index (χ0n) is 16.0. The van der Waals surface area contributed by atoms with Crippen molar-refractivity contribution < 1.29 is 18.3 Å². The van der Waals surface area contributed by atoms with Gasteiger partial charge in [0.2, 0.25) is 5.91 Å². The molecular formula is C20H26F2N4O2. The first-order valence-corrected chi connectivity index (χ1v) is 9.65. The van der Waals surface area contributed by atoms with E-state index in [0.29, 0.717) is 17.9 Å². The summed E-state index contributed by atoms with van der Waals surface area (Å²) in [6, 6.07) is 6.42. The Morgan fingerprint density at radius 1 is 1.29 bits per heavy atom. The SMILES string of the molecule is Cc1cc(OC(F)F)ccc1-c1cc(NC(=O)CCCN2CCCCC2)[nH]n1. The van der Waals surface area contributed by atoms with Crippen molar-refractivity contribution in [2.75, 3.05) is 25.0 Å². The normalized spacial score (nSPS) is 15.0. The van der Waals surface area contributed by atoms with Crippen LogP contribution in [0.2, 0.25) is 0 Å². The van der Waals surface area contributed by atoms with Crippen LogP contribution in [-0.4, -0.2) is 47.3 Å². The molecule has 0 unspecified atom stereocenters. The van der Waals surface area contributed by atoms with E-state index >= 15 is 0 Å². The molecule has 1 saturated heterocycles. The number of amides is 1. The quantitative estimate of drug-likeness (QED) is 0.707. The van der Waals surface area contributed by atoms with Crippen LogP contribution < -0.4 is 10.1 Å². The van der Waals surface area contributed by atoms with Gasteiger partial charge >= 0.3 is 6.61 Å². The van der Waals surface area contributed by atoms with Crippen LogP contribution in [0.3, 0.4) is 0 Å². The number of rotatable bonds is 8. The number of benzene rings is 1. The number of H-pyrrole nitrogens is 1. The summed E-state index contributed by atoms with van der Waals surface area (Å²) in [5.41, 5.74) is 2.16. The molecule has 0 atom stereocenters. The van der Waals surface area contributed by atoms with E-state index in [0.717, 1.165) is 37.2 Å². The fraction of sp³-hybridized carbons (Fsp3) is 0.500. The predicted molar refractivity (Wildman–Crippen MR) is 104 cm³/mol. The Hall–Kier alpha value is -2.48. The van der Waals surface area contributed by atoms with E-state index in [-0.39, 0.29) is 11.7 Å². The Kier molecular flexibility index (Phi) is 6.97. The van der Waals surface area contributed by atoms with Crippen LogP contribution in [0.1, 0.15) is 37.7 Å². The molecule has 28 heavy (non-hydrogen) atoms. The number of ether oxygens (including phenoxy) is 1. The van der Waals surface area contributed by atoms with Crippen LogP contribution in [0.15, 0.2) is 24.3 Å². The van der Waals surface area contributed by atoms with Crippen molar-refractivity contribution in [1.82, 2.24) is 15.1 Å². The number of likely N-dealkylation sites (tertiary alicyclic amines) is 1. The smallest absolute Gasteiger partial charge is 0.387 e. The van der Waals surface area contributed by atoms with Gasteiger partial charge < -0.3 is 15.0 Å². The maximum absolute atomic E-state index is 12.3. The molecule has 2 heterocycles. The second-order valence-electron chi connectivity index (χ2n) is 7.08. The molecule has 0 radical (unpaired) electrons. The lowest BCUT2D eigenvalue weighted by Gasteiger charge is -2.26. The third-order valence-electron chi connectivity index (χ3n) is 4.88. The summed E-state index contributed by atoms with van der Waals surface area (Å²) in [6.45, 7) is 2.15. The highest BCUT2D eigenvalue weighted by Gasteiger charge is 2.13. The monoisotopic (exact) mass is 392 g/mol. The second kappa shape index (κ2) is 9.64. The minimum Gasteiger partial charge on any atom is -0.435 e. The predicted octanol–water partition coefficient (Wildman–Crippen LogP) is 4.19. The van der Waals surface area contributed by atoms with E-state index in [4.69, 9.17) is 0 Å². The highest BCUT2D eigenvalue weighted by atomic mass is 19.3. The molecular weight excluding hydrogens is 366 g/mol. The fourth-order valence-corrected chi connectivity index (χ4v) is 3.48. The van der Waals surface area contributed by atoms with E-state index in [1.165, 1.54) is 31.4 Å². The summed E-state index contributed by atoms with van der Waals surface area (Å²) in [6.07, 6.45) is 5.09. The van der Waals surface area contributed by atoms with Crippen LogP contribution in [0.5, 0.6) is 5.75 Å². The van der Waals surface area contributed by atoms with Gasteiger partial charge in [-0.3, -0.25) is 9.89 Å². The van der Waals surface area contributed by atoms with E-state index in [1.807, 2.05) is 0 Å². The average molecular weight is 392 g/mol. The number of alkyl halides is 2. The first-order chi connectivity index (χ1) is 13.5. The number of aromatic nitrogens is 2. The van der Waals surface area contributed by atoms with E-state index < -0.39 is 6.61 Å². The number of hydrogen-bond acceptors (Lipinski definition) is 4. The molecule has 1 fully saturated rings. The molecule has 0 spiro atoms. The Labute approximate surface area is 163 Å². The van der Waals surface area contributed by atoms with Gasteiger partial charge in [-0.2, -0.15) is 13.9 Å². The summed E-state index contributed by atoms with van der Waals surface area (Å²) in [7, 11) is 0. The van der Waals surface area contributed by atoms with E-state index in [2.05, 4.69) is 25.2 Å². The molecule has 3 rings (SSSR count). The van der Waals surface area contributed by atoms with Crippen molar-refractivity contribution in [2.45, 2.75) is 45.6 Å². The van der Waals surface area contributed by atoms with Crippen molar-refractivity contribution in [1.29, 1.82) is 0 Å². The van der Waals surface area contributed by atoms with Crippen molar-refractivity contribution in [3.8, 4) is 17.0 Å². The van der Waals surface area contributed by atoms with Crippen molar-refractivity contribution in [3.63, 3.8) is 0 Å². The molecule has 1 amide bonds. The van der Waals surface area contributed by atoms with Gasteiger partial charge in [-0.1, -0.05) is 6.42 Å². The number of piperidine rings is 1. The van der Waals surface area contributed by atoms with Crippen LogP contribution >= 0.6 is 0 Å². The Bertz CT molecular complexity index is 788. The first kappa shape index (κ1) is 20.3. The maximum Gasteiger partial charge on any atom is 0.387 e. The number of nitrogens with one attached hydrogen (secondary N) is 2. The number of aromatic amines is 1. The Morgan fingerprint density at radius 3 is 2.79 bits per heavy atom. The third-order valence-corrected chi connectivity index (χ3v) is 4.88. The molecule has 0 aliphatic carbocycles. The summed E-state index contributed by atoms with van der Waals surface area (Å²) in [5.74, 6) is 0.573. The Balaban J connectivity index is 1.51. The lowest BCUT2D eigenvalue weighted by atomic mass is 10.1. The second-order valence-corrected chi connectivity index (χ2v) is 7.08. The van der Waals surface area contributed by atoms with Gasteiger partial charge in [0.05, 0.1) is 5.69 Å². The number of hydrogen-bond donors (Lipinski definition) is 2. The van der Waals surface area contributed by atoms with Gasteiger partial charge in [0.1, 0.15) is 11.6 Å². The van der Waals surface area contributed by atoms with Gasteiger partial charge in [-0.05, 0) is 69.6 Å². The standard InChI is InChI=1S/C20H26F2N4O2/c1-14-12-15(28-20(21)22)7-8-16(14)17-13-18(25-24-17)23-19(27)6-5-11-26-9-3-2-4-10-26/h7-8,12-13,20H,2-6,9-11H2,1H3,(H2,23,24,25,27). The molecule has 0 bridgehead atoms. The molecule has 1 aromatic heterocycles. The molecule has 1 aliphatic heterocycles. The third kappa shape index (κ3) is 5.76. The fourth-order valence-electron chi connectivity index (χ4n) is 3.48. The molecule has 8 heteroatoms. The summed E-state index contributed by atoms with van der Waals surface area (Å²) in [5, 5.41) is 9.84. The van der Waals surface area contributed by atoms with Gasteiger partial charge in [0.15, 0.2) is 0 Å². The molecule has 152 valence electrons. The van der Waals surface area contributed by atoms with Crippen molar-refractivity contribution >= 4 is 11.7 Å². The number of carbonyl (C=O) groups is 1. The number of aryl methyl sites for hydroxylation is 1. The number of halogens is 2. The van der Waals surface area contributed by atoms with Gasteiger partial charge in [0, 0.05) is 18.1 Å². The topological polar surface area (TPSA) is 70.2 Å². The van der Waals surface area contributed by atoms with Gasteiger partial charge in [-0.25, -0.2) is 0 Å². The summed E-state index contributed by atoms with van der Waals surface area (Å²) >= 11 is 0. The maximum atomic E-state index is 12.3. The Morgan fingerprint density at radius 2 is 2.07 bits per heavy atom. The molecule has 2 aromatic rings. The molecule has 2 N–H and O–H groups in total. The zero-order chi connectivity index (χ0) is 19.9. The number of anilines is 1. The highest BCUT2D eigenvalue weighted by Crippen LogP contribution is 2.27. The lowest BCUT2D eigenvalue weighted by Crippen LogP contribution is -2.31. The largest absolute Gasteiger partial charge is 0.435 e. The first-order valence-electron chi connectivity index (χ1n) is 9.65. The van der Waals surface area contributed by atoms with Crippen LogP contribution in [0.25, 0.3) is 11.3 Å². The zero-order valence-corrected chi connectivity index (χ0v) is 16.0. The van der Waals surface area contributed by atoms with Crippen LogP contribution in [-0.2, 0) is 4.79 Å². The summed E-state index contributed by atoms with van der Waals surface area (Å²) in [4.78, 5) is 14.6. The minimum absolute atomic E-state index is 0.0513. The van der Waals surface area contributed by atoms with Crippen LogP contribution in [0, 0.1) is 6.92 Å².